The van der Waals surface area contributed by atoms with E-state index in [9.17, 15) is 5.11 Å². The van der Waals surface area contributed by atoms with E-state index >= 15 is 0 Å². The third-order valence-corrected chi connectivity index (χ3v) is 3.90. The number of rotatable bonds is 2. The highest BCUT2D eigenvalue weighted by Crippen LogP contribution is 2.39. The molecule has 1 N–H and O–H groups in total. The second kappa shape index (κ2) is 5.68. The summed E-state index contributed by atoms with van der Waals surface area (Å²) in [6, 6.07) is 8.48. The number of hydrogen-bond donors (Lipinski definition) is 1. The summed E-state index contributed by atoms with van der Waals surface area (Å²) in [4.78, 5) is 0. The van der Waals surface area contributed by atoms with Crippen molar-refractivity contribution in [2.75, 3.05) is 0 Å². The number of aliphatic hydroxyl groups is 1. The van der Waals surface area contributed by atoms with Crippen LogP contribution in [0.5, 0.6) is 0 Å². The van der Waals surface area contributed by atoms with Crippen LogP contribution in [0.4, 0.5) is 0 Å². The van der Waals surface area contributed by atoms with Crippen LogP contribution in [0.2, 0.25) is 20.1 Å². The van der Waals surface area contributed by atoms with Crippen LogP contribution in [0, 0.1) is 0 Å². The van der Waals surface area contributed by atoms with Crippen molar-refractivity contribution in [1.29, 1.82) is 0 Å². The lowest BCUT2D eigenvalue weighted by molar-refractivity contribution is 0.282. The molecule has 0 atom stereocenters. The fraction of sp³-hybridized carbons (Fsp3) is 0.0769. The highest BCUT2D eigenvalue weighted by atomic mass is 35.5. The van der Waals surface area contributed by atoms with Gasteiger partial charge in [-0.2, -0.15) is 0 Å². The Hall–Kier alpha value is -0.440. The van der Waals surface area contributed by atoms with Crippen molar-refractivity contribution < 1.29 is 5.11 Å². The van der Waals surface area contributed by atoms with E-state index in [1.165, 1.54) is 0 Å². The maximum absolute atomic E-state index is 9.36. The molecule has 2 rings (SSSR count). The van der Waals surface area contributed by atoms with E-state index in [1.54, 1.807) is 30.3 Å². The average Bonchev–Trinajstić information content (AvgIpc) is 2.34. The normalized spacial score (nSPS) is 10.7. The molecule has 0 saturated carbocycles. The van der Waals surface area contributed by atoms with Crippen LogP contribution in [0.15, 0.2) is 30.3 Å². The van der Waals surface area contributed by atoms with E-state index in [-0.39, 0.29) is 6.61 Å². The van der Waals surface area contributed by atoms with Crippen LogP contribution in [0.25, 0.3) is 11.1 Å². The standard InChI is InChI=1S/C13H8Cl4O/c14-9-3-1-2-7(6-18)13(9)8-4-11(16)12(17)5-10(8)15/h1-5,18H,6H2. The summed E-state index contributed by atoms with van der Waals surface area (Å²) in [5.74, 6) is 0. The van der Waals surface area contributed by atoms with Crippen LogP contribution in [0.1, 0.15) is 5.56 Å². The number of hydrogen-bond acceptors (Lipinski definition) is 1. The Kier molecular flexibility index (Phi) is 4.41. The Labute approximate surface area is 125 Å². The Balaban J connectivity index is 2.73. The van der Waals surface area contributed by atoms with E-state index in [4.69, 9.17) is 46.4 Å². The maximum atomic E-state index is 9.36. The molecule has 0 heterocycles. The van der Waals surface area contributed by atoms with Gasteiger partial charge in [-0.25, -0.2) is 0 Å². The van der Waals surface area contributed by atoms with Crippen molar-refractivity contribution in [1.82, 2.24) is 0 Å². The fourth-order valence-electron chi connectivity index (χ4n) is 1.72. The summed E-state index contributed by atoms with van der Waals surface area (Å²) in [6.45, 7) is -0.132. The van der Waals surface area contributed by atoms with Gasteiger partial charge in [0, 0.05) is 16.1 Å². The van der Waals surface area contributed by atoms with Gasteiger partial charge in [0.25, 0.3) is 0 Å². The first kappa shape index (κ1) is 14.0. The summed E-state index contributed by atoms with van der Waals surface area (Å²) in [5.41, 5.74) is 2.01. The maximum Gasteiger partial charge on any atom is 0.0688 e. The molecule has 94 valence electrons. The molecule has 0 saturated heterocycles. The van der Waals surface area contributed by atoms with Gasteiger partial charge in [-0.3, -0.25) is 0 Å². The van der Waals surface area contributed by atoms with Crippen molar-refractivity contribution in [2.45, 2.75) is 6.61 Å². The van der Waals surface area contributed by atoms with Crippen molar-refractivity contribution >= 4 is 46.4 Å². The molecule has 0 radical (unpaired) electrons. The van der Waals surface area contributed by atoms with E-state index in [0.717, 1.165) is 0 Å². The monoisotopic (exact) mass is 320 g/mol. The van der Waals surface area contributed by atoms with E-state index in [1.807, 2.05) is 0 Å². The van der Waals surface area contributed by atoms with E-state index in [0.29, 0.717) is 36.8 Å². The Bertz CT molecular complexity index is 596. The topological polar surface area (TPSA) is 20.2 Å². The van der Waals surface area contributed by atoms with Gasteiger partial charge in [0.15, 0.2) is 0 Å². The lowest BCUT2D eigenvalue weighted by Crippen LogP contribution is -1.91. The van der Waals surface area contributed by atoms with Crippen LogP contribution >= 0.6 is 46.4 Å². The Morgan fingerprint density at radius 1 is 0.833 bits per heavy atom. The first-order valence-corrected chi connectivity index (χ1v) is 6.59. The molecule has 0 bridgehead atoms. The highest BCUT2D eigenvalue weighted by Gasteiger charge is 2.14. The van der Waals surface area contributed by atoms with Gasteiger partial charge in [0.2, 0.25) is 0 Å². The molecule has 0 unspecified atom stereocenters. The van der Waals surface area contributed by atoms with Crippen molar-refractivity contribution in [3.8, 4) is 11.1 Å². The van der Waals surface area contributed by atoms with E-state index in [2.05, 4.69) is 0 Å². The molecule has 0 aliphatic carbocycles. The molecular weight excluding hydrogens is 314 g/mol. The molecule has 0 amide bonds. The summed E-state index contributed by atoms with van der Waals surface area (Å²) >= 11 is 24.2. The minimum Gasteiger partial charge on any atom is -0.392 e. The quantitative estimate of drug-likeness (QED) is 0.728. The minimum absolute atomic E-state index is 0.132. The number of aliphatic hydroxyl groups excluding tert-OH is 1. The largest absolute Gasteiger partial charge is 0.392 e. The Morgan fingerprint density at radius 2 is 1.50 bits per heavy atom. The highest BCUT2D eigenvalue weighted by molar-refractivity contribution is 6.44. The second-order valence-electron chi connectivity index (χ2n) is 3.68. The van der Waals surface area contributed by atoms with Crippen LogP contribution in [0.3, 0.4) is 0 Å². The molecule has 2 aromatic carbocycles. The fourth-order valence-corrected chi connectivity index (χ4v) is 2.65. The molecule has 1 nitrogen and oxygen atoms in total. The third-order valence-electron chi connectivity index (χ3n) is 2.55. The summed E-state index contributed by atoms with van der Waals surface area (Å²) in [5, 5.41) is 11.1. The first-order chi connectivity index (χ1) is 8.54. The average molecular weight is 322 g/mol. The van der Waals surface area contributed by atoms with Crippen LogP contribution < -0.4 is 0 Å². The first-order valence-electron chi connectivity index (χ1n) is 5.07. The summed E-state index contributed by atoms with van der Waals surface area (Å²) < 4.78 is 0. The summed E-state index contributed by atoms with van der Waals surface area (Å²) in [6.07, 6.45) is 0. The smallest absolute Gasteiger partial charge is 0.0688 e. The lowest BCUT2D eigenvalue weighted by Gasteiger charge is -2.12. The van der Waals surface area contributed by atoms with Gasteiger partial charge < -0.3 is 5.11 Å². The van der Waals surface area contributed by atoms with Crippen molar-refractivity contribution in [2.24, 2.45) is 0 Å². The summed E-state index contributed by atoms with van der Waals surface area (Å²) in [7, 11) is 0. The predicted molar refractivity (Wildman–Crippen MR) is 77.8 cm³/mol. The van der Waals surface area contributed by atoms with Crippen molar-refractivity contribution in [3.05, 3.63) is 56.0 Å². The van der Waals surface area contributed by atoms with E-state index < -0.39 is 0 Å². The predicted octanol–water partition coefficient (Wildman–Crippen LogP) is 5.46. The molecule has 0 fully saturated rings. The van der Waals surface area contributed by atoms with Crippen LogP contribution in [-0.4, -0.2) is 5.11 Å². The van der Waals surface area contributed by atoms with Gasteiger partial charge in [0.05, 0.1) is 21.7 Å². The molecular formula is C13H8Cl4O. The molecule has 5 heteroatoms. The zero-order valence-corrected chi connectivity index (χ0v) is 12.1. The molecule has 2 aromatic rings. The second-order valence-corrected chi connectivity index (χ2v) is 5.31. The molecule has 18 heavy (non-hydrogen) atoms. The number of benzene rings is 2. The van der Waals surface area contributed by atoms with Crippen LogP contribution in [-0.2, 0) is 6.61 Å². The Morgan fingerprint density at radius 3 is 2.17 bits per heavy atom. The zero-order valence-electron chi connectivity index (χ0n) is 9.05. The van der Waals surface area contributed by atoms with Gasteiger partial charge in [-0.15, -0.1) is 0 Å². The van der Waals surface area contributed by atoms with Gasteiger partial charge in [0.1, 0.15) is 0 Å². The minimum atomic E-state index is -0.132. The zero-order chi connectivity index (χ0) is 13.3. The molecule has 0 aliphatic heterocycles. The molecule has 0 aromatic heterocycles. The number of halogens is 4. The van der Waals surface area contributed by atoms with Gasteiger partial charge in [-0.05, 0) is 23.8 Å². The molecule has 0 aliphatic rings. The van der Waals surface area contributed by atoms with Crippen molar-refractivity contribution in [3.63, 3.8) is 0 Å². The third kappa shape index (κ3) is 2.61. The van der Waals surface area contributed by atoms with Gasteiger partial charge >= 0.3 is 0 Å². The SMILES string of the molecule is OCc1cccc(Cl)c1-c1cc(Cl)c(Cl)cc1Cl. The molecule has 0 spiro atoms. The van der Waals surface area contributed by atoms with Gasteiger partial charge in [-0.1, -0.05) is 58.5 Å². The lowest BCUT2D eigenvalue weighted by atomic mass is 10.00.